The van der Waals surface area contributed by atoms with Crippen molar-refractivity contribution in [3.63, 3.8) is 0 Å². The highest BCUT2D eigenvalue weighted by molar-refractivity contribution is 5.93. The zero-order valence-corrected chi connectivity index (χ0v) is 20.1. The van der Waals surface area contributed by atoms with Crippen LogP contribution in [0.25, 0.3) is 0 Å². The molecule has 0 saturated carbocycles. The monoisotopic (exact) mass is 477 g/mol. The van der Waals surface area contributed by atoms with Gasteiger partial charge >= 0.3 is 5.97 Å². The van der Waals surface area contributed by atoms with Gasteiger partial charge in [-0.25, -0.2) is 9.97 Å². The molecule has 1 aliphatic rings. The van der Waals surface area contributed by atoms with Gasteiger partial charge < -0.3 is 25.0 Å². The van der Waals surface area contributed by atoms with Crippen LogP contribution in [0, 0.1) is 0 Å². The highest BCUT2D eigenvalue weighted by atomic mass is 16.5. The zero-order valence-electron chi connectivity index (χ0n) is 20.1. The van der Waals surface area contributed by atoms with Crippen LogP contribution in [0.2, 0.25) is 0 Å². The summed E-state index contributed by atoms with van der Waals surface area (Å²) < 4.78 is 6.96. The van der Waals surface area contributed by atoms with E-state index in [-0.39, 0.29) is 12.3 Å². The number of carboxylic acid groups (broad SMARTS) is 1. The fraction of sp³-hybridized carbons (Fsp3) is 0.385. The van der Waals surface area contributed by atoms with Crippen molar-refractivity contribution in [1.29, 1.82) is 0 Å². The van der Waals surface area contributed by atoms with Crippen LogP contribution in [0.5, 0.6) is 5.88 Å². The van der Waals surface area contributed by atoms with Crippen LogP contribution in [-0.2, 0) is 30.6 Å². The van der Waals surface area contributed by atoms with Gasteiger partial charge in [0.25, 0.3) is 5.91 Å². The smallest absolute Gasteiger partial charge is 0.305 e. The van der Waals surface area contributed by atoms with Crippen molar-refractivity contribution in [1.82, 2.24) is 19.9 Å². The summed E-state index contributed by atoms with van der Waals surface area (Å²) in [4.78, 5) is 33.5. The predicted molar refractivity (Wildman–Crippen MR) is 132 cm³/mol. The summed E-state index contributed by atoms with van der Waals surface area (Å²) in [6.45, 7) is 3.55. The van der Waals surface area contributed by atoms with Crippen LogP contribution >= 0.6 is 0 Å². The Kier molecular flexibility index (Phi) is 7.64. The average Bonchev–Trinajstić information content (AvgIpc) is 3.30. The van der Waals surface area contributed by atoms with Crippen LogP contribution < -0.4 is 15.4 Å². The topological polar surface area (TPSA) is 118 Å². The maximum Gasteiger partial charge on any atom is 0.305 e. The van der Waals surface area contributed by atoms with E-state index in [4.69, 9.17) is 9.72 Å². The number of fused-ring (bicyclic) bond motifs is 1. The van der Waals surface area contributed by atoms with Gasteiger partial charge in [-0.2, -0.15) is 0 Å². The summed E-state index contributed by atoms with van der Waals surface area (Å²) in [5.74, 6) is 0.0706. The van der Waals surface area contributed by atoms with Gasteiger partial charge in [-0.3, -0.25) is 9.59 Å². The number of carbonyl (C=O) groups excluding carboxylic acids is 1. The van der Waals surface area contributed by atoms with E-state index in [9.17, 15) is 14.7 Å². The molecule has 0 radical (unpaired) electrons. The number of rotatable bonds is 10. The summed E-state index contributed by atoms with van der Waals surface area (Å²) in [7, 11) is 1.51. The maximum absolute atomic E-state index is 13.2. The molecule has 35 heavy (non-hydrogen) atoms. The Labute approximate surface area is 204 Å². The molecule has 184 valence electrons. The van der Waals surface area contributed by atoms with Crippen LogP contribution in [0.4, 0.5) is 5.82 Å². The number of hydrogen-bond acceptors (Lipinski definition) is 6. The van der Waals surface area contributed by atoms with E-state index in [0.717, 1.165) is 49.3 Å². The highest BCUT2D eigenvalue weighted by Gasteiger charge is 2.22. The van der Waals surface area contributed by atoms with Crippen LogP contribution in [0.15, 0.2) is 42.7 Å². The van der Waals surface area contributed by atoms with Crippen molar-refractivity contribution in [2.45, 2.75) is 51.6 Å². The molecule has 1 atom stereocenters. The molecule has 9 heteroatoms. The number of carbonyl (C=O) groups is 2. The van der Waals surface area contributed by atoms with Gasteiger partial charge in [0.15, 0.2) is 0 Å². The molecule has 4 heterocycles. The van der Waals surface area contributed by atoms with Crippen molar-refractivity contribution < 1.29 is 19.4 Å². The van der Waals surface area contributed by atoms with Gasteiger partial charge in [-0.15, -0.1) is 0 Å². The Hall–Kier alpha value is -3.88. The van der Waals surface area contributed by atoms with E-state index in [1.54, 1.807) is 12.1 Å². The number of aromatic nitrogens is 3. The van der Waals surface area contributed by atoms with Crippen molar-refractivity contribution in [2.24, 2.45) is 0 Å². The molecule has 0 aliphatic carbocycles. The molecule has 4 rings (SSSR count). The number of amides is 1. The minimum atomic E-state index is -1.01. The standard InChI is InChI=1S/C26H31N5O4/c1-3-31-16-17(6-9-20-10-7-18-5-4-12-27-25(18)29-20)13-22(31)26(34)30-21(14-24(32)33)19-8-11-23(35-2)28-15-19/h7-8,10-11,13,15-16,21H,3-6,9,12,14H2,1-2H3,(H,27,29)(H,30,34)(H,32,33)/t21-/m0/s1. The lowest BCUT2D eigenvalue weighted by Gasteiger charge is -2.18. The Morgan fingerprint density at radius 2 is 2.11 bits per heavy atom. The number of ether oxygens (including phenoxy) is 1. The van der Waals surface area contributed by atoms with Gasteiger partial charge in [-0.1, -0.05) is 12.1 Å². The number of nitrogens with one attached hydrogen (secondary N) is 2. The van der Waals surface area contributed by atoms with E-state index in [1.165, 1.54) is 18.9 Å². The van der Waals surface area contributed by atoms with Crippen molar-refractivity contribution in [2.75, 3.05) is 19.0 Å². The summed E-state index contributed by atoms with van der Waals surface area (Å²) in [5.41, 5.74) is 4.41. The fourth-order valence-electron chi connectivity index (χ4n) is 4.32. The minimum absolute atomic E-state index is 0.253. The Bertz CT molecular complexity index is 1190. The second-order valence-electron chi connectivity index (χ2n) is 8.62. The second kappa shape index (κ2) is 11.0. The normalized spacial score (nSPS) is 13.4. The maximum atomic E-state index is 13.2. The lowest BCUT2D eigenvalue weighted by molar-refractivity contribution is -0.137. The largest absolute Gasteiger partial charge is 0.481 e. The number of anilines is 1. The van der Waals surface area contributed by atoms with Crippen molar-refractivity contribution >= 4 is 17.7 Å². The number of carboxylic acids is 1. The van der Waals surface area contributed by atoms with Crippen molar-refractivity contribution in [3.8, 4) is 5.88 Å². The zero-order chi connectivity index (χ0) is 24.8. The molecule has 0 spiro atoms. The predicted octanol–water partition coefficient (Wildman–Crippen LogP) is 3.40. The number of pyridine rings is 2. The molecule has 3 aromatic rings. The number of aryl methyl sites for hydroxylation is 4. The molecule has 0 aromatic carbocycles. The molecule has 0 bridgehead atoms. The lowest BCUT2D eigenvalue weighted by Crippen LogP contribution is -2.31. The van der Waals surface area contributed by atoms with Crippen LogP contribution in [0.1, 0.15) is 58.7 Å². The minimum Gasteiger partial charge on any atom is -0.481 e. The lowest BCUT2D eigenvalue weighted by atomic mass is 10.0. The third-order valence-electron chi connectivity index (χ3n) is 6.20. The SMILES string of the molecule is CCn1cc(CCc2ccc3c(n2)NCCC3)cc1C(=O)N[C@@H](CC(=O)O)c1ccc(OC)nc1. The summed E-state index contributed by atoms with van der Waals surface area (Å²) in [6.07, 6.45) is 6.96. The van der Waals surface area contributed by atoms with E-state index in [2.05, 4.69) is 27.8 Å². The Morgan fingerprint density at radius 3 is 2.83 bits per heavy atom. The van der Waals surface area contributed by atoms with Gasteiger partial charge in [-0.05, 0) is 61.4 Å². The molecule has 0 fully saturated rings. The molecular formula is C26H31N5O4. The third-order valence-corrected chi connectivity index (χ3v) is 6.20. The first-order chi connectivity index (χ1) is 17.0. The van der Waals surface area contributed by atoms with Crippen LogP contribution in [0.3, 0.4) is 0 Å². The highest BCUT2D eigenvalue weighted by Crippen LogP contribution is 2.22. The molecule has 9 nitrogen and oxygen atoms in total. The molecule has 0 saturated heterocycles. The average molecular weight is 478 g/mol. The van der Waals surface area contributed by atoms with Gasteiger partial charge in [0.1, 0.15) is 11.5 Å². The summed E-state index contributed by atoms with van der Waals surface area (Å²) >= 11 is 0. The van der Waals surface area contributed by atoms with E-state index in [0.29, 0.717) is 23.7 Å². The summed E-state index contributed by atoms with van der Waals surface area (Å²) in [6, 6.07) is 8.75. The van der Waals surface area contributed by atoms with Crippen molar-refractivity contribution in [3.05, 3.63) is 70.8 Å². The summed E-state index contributed by atoms with van der Waals surface area (Å²) in [5, 5.41) is 15.6. The van der Waals surface area contributed by atoms with Crippen LogP contribution in [-0.4, -0.2) is 45.2 Å². The van der Waals surface area contributed by atoms with Gasteiger partial charge in [0, 0.05) is 37.2 Å². The number of methoxy groups -OCH3 is 1. The first-order valence-corrected chi connectivity index (χ1v) is 11.9. The first-order valence-electron chi connectivity index (χ1n) is 11.9. The van der Waals surface area contributed by atoms with Gasteiger partial charge in [0.05, 0.1) is 19.6 Å². The Morgan fingerprint density at radius 1 is 1.26 bits per heavy atom. The molecule has 1 amide bonds. The fourth-order valence-corrected chi connectivity index (χ4v) is 4.32. The molecule has 0 unspecified atom stereocenters. The first kappa shape index (κ1) is 24.3. The Balaban J connectivity index is 1.46. The number of nitrogens with zero attached hydrogens (tertiary/aromatic N) is 3. The molecular weight excluding hydrogens is 446 g/mol. The number of aliphatic carboxylic acids is 1. The van der Waals surface area contributed by atoms with E-state index in [1.807, 2.05) is 23.8 Å². The third kappa shape index (κ3) is 5.98. The second-order valence-corrected chi connectivity index (χ2v) is 8.62. The number of hydrogen-bond donors (Lipinski definition) is 3. The quantitative estimate of drug-likeness (QED) is 0.410. The molecule has 3 N–H and O–H groups in total. The van der Waals surface area contributed by atoms with Gasteiger partial charge in [0.2, 0.25) is 5.88 Å². The molecule has 3 aromatic heterocycles. The van der Waals surface area contributed by atoms with E-state index < -0.39 is 12.0 Å². The van der Waals surface area contributed by atoms with E-state index >= 15 is 0 Å². The molecule has 1 aliphatic heterocycles.